The van der Waals surface area contributed by atoms with Crippen LogP contribution in [0.2, 0.25) is 0 Å². The summed E-state index contributed by atoms with van der Waals surface area (Å²) in [5, 5.41) is 19.8. The van der Waals surface area contributed by atoms with E-state index in [9.17, 15) is 10.2 Å². The van der Waals surface area contributed by atoms with Crippen LogP contribution in [-0.4, -0.2) is 10.2 Å². The van der Waals surface area contributed by atoms with Gasteiger partial charge in [-0.25, -0.2) is 0 Å². The Balaban J connectivity index is 1.53. The Kier molecular flexibility index (Phi) is 4.83. The maximum Gasteiger partial charge on any atom is 0.119 e. The fourth-order valence-electron chi connectivity index (χ4n) is 4.27. The van der Waals surface area contributed by atoms with E-state index in [0.717, 1.165) is 18.4 Å². The Bertz CT molecular complexity index is 837. The van der Waals surface area contributed by atoms with Crippen molar-refractivity contribution in [1.82, 2.24) is 0 Å². The second-order valence-corrected chi connectivity index (χ2v) is 7.52. The highest BCUT2D eigenvalue weighted by Gasteiger charge is 2.20. The highest BCUT2D eigenvalue weighted by Crippen LogP contribution is 2.39. The molecule has 0 saturated heterocycles. The third kappa shape index (κ3) is 3.55. The summed E-state index contributed by atoms with van der Waals surface area (Å²) in [7, 11) is 0. The first-order valence-electron chi connectivity index (χ1n) is 9.71. The van der Waals surface area contributed by atoms with Crippen molar-refractivity contribution in [2.75, 3.05) is 0 Å². The van der Waals surface area contributed by atoms with E-state index in [1.807, 2.05) is 24.3 Å². The molecule has 2 aromatic carbocycles. The van der Waals surface area contributed by atoms with Crippen molar-refractivity contribution in [2.45, 2.75) is 50.9 Å². The van der Waals surface area contributed by atoms with Crippen LogP contribution in [0.15, 0.2) is 54.6 Å². The standard InChI is InChI=1S/C24H26O2/c25-22-13-10-18(11-14-22)17-6-8-19(9-7-17)21-12-15-24(26)23(16-21)20-4-2-1-3-5-20/h6,9-16,20,25-26H,1-5,7-8H2. The van der Waals surface area contributed by atoms with Gasteiger partial charge in [-0.1, -0.05) is 49.6 Å². The first kappa shape index (κ1) is 17.0. The molecular weight excluding hydrogens is 320 g/mol. The van der Waals surface area contributed by atoms with Crippen LogP contribution in [0.1, 0.15) is 67.6 Å². The quantitative estimate of drug-likeness (QED) is 0.674. The summed E-state index contributed by atoms with van der Waals surface area (Å²) in [4.78, 5) is 0. The number of allylic oxidation sites excluding steroid dienone is 4. The molecule has 0 spiro atoms. The molecule has 0 atom stereocenters. The molecule has 1 fully saturated rings. The molecule has 2 aliphatic rings. The zero-order valence-corrected chi connectivity index (χ0v) is 15.1. The van der Waals surface area contributed by atoms with E-state index in [2.05, 4.69) is 18.2 Å². The van der Waals surface area contributed by atoms with Crippen molar-refractivity contribution >= 4 is 11.1 Å². The maximum atomic E-state index is 10.3. The second-order valence-electron chi connectivity index (χ2n) is 7.52. The lowest BCUT2D eigenvalue weighted by Crippen LogP contribution is -2.05. The number of benzene rings is 2. The van der Waals surface area contributed by atoms with E-state index in [-0.39, 0.29) is 0 Å². The third-order valence-corrected chi connectivity index (χ3v) is 5.82. The van der Waals surface area contributed by atoms with Gasteiger partial charge in [-0.15, -0.1) is 0 Å². The molecule has 2 heteroatoms. The van der Waals surface area contributed by atoms with Gasteiger partial charge in [-0.2, -0.15) is 0 Å². The molecule has 26 heavy (non-hydrogen) atoms. The Morgan fingerprint density at radius 3 is 1.96 bits per heavy atom. The summed E-state index contributed by atoms with van der Waals surface area (Å²) in [5.74, 6) is 1.27. The van der Waals surface area contributed by atoms with Gasteiger partial charge in [-0.05, 0) is 83.7 Å². The van der Waals surface area contributed by atoms with E-state index in [1.165, 1.54) is 54.4 Å². The van der Waals surface area contributed by atoms with Crippen molar-refractivity contribution in [3.05, 3.63) is 71.3 Å². The van der Waals surface area contributed by atoms with Gasteiger partial charge in [0.25, 0.3) is 0 Å². The third-order valence-electron chi connectivity index (χ3n) is 5.82. The number of phenols is 2. The molecule has 2 aromatic rings. The molecule has 2 nitrogen and oxygen atoms in total. The number of aromatic hydroxyl groups is 2. The monoisotopic (exact) mass is 346 g/mol. The van der Waals surface area contributed by atoms with Crippen molar-refractivity contribution in [1.29, 1.82) is 0 Å². The van der Waals surface area contributed by atoms with E-state index in [0.29, 0.717) is 17.4 Å². The van der Waals surface area contributed by atoms with Crippen LogP contribution in [0.4, 0.5) is 0 Å². The summed E-state index contributed by atoms with van der Waals surface area (Å²) in [6.07, 6.45) is 12.7. The van der Waals surface area contributed by atoms with Gasteiger partial charge < -0.3 is 10.2 Å². The molecule has 2 aliphatic carbocycles. The molecule has 0 heterocycles. The van der Waals surface area contributed by atoms with Gasteiger partial charge in [0.15, 0.2) is 0 Å². The summed E-state index contributed by atoms with van der Waals surface area (Å²) in [6, 6.07) is 13.6. The maximum absolute atomic E-state index is 10.3. The molecule has 0 unspecified atom stereocenters. The van der Waals surface area contributed by atoms with Gasteiger partial charge in [0.2, 0.25) is 0 Å². The minimum atomic E-state index is 0.306. The molecule has 0 amide bonds. The van der Waals surface area contributed by atoms with Crippen LogP contribution in [0.3, 0.4) is 0 Å². The smallest absolute Gasteiger partial charge is 0.119 e. The lowest BCUT2D eigenvalue weighted by molar-refractivity contribution is 0.414. The van der Waals surface area contributed by atoms with Crippen LogP contribution in [0.25, 0.3) is 11.1 Å². The zero-order chi connectivity index (χ0) is 17.9. The van der Waals surface area contributed by atoms with Gasteiger partial charge in [0.1, 0.15) is 11.5 Å². The normalized spacial score (nSPS) is 18.3. The fourth-order valence-corrected chi connectivity index (χ4v) is 4.27. The van der Waals surface area contributed by atoms with Gasteiger partial charge >= 0.3 is 0 Å². The van der Waals surface area contributed by atoms with Crippen LogP contribution in [-0.2, 0) is 0 Å². The first-order valence-corrected chi connectivity index (χ1v) is 9.71. The minimum Gasteiger partial charge on any atom is -0.508 e. The SMILES string of the molecule is Oc1ccc(C2=CCC(c3ccc(O)c(C4CCCCC4)c3)=CC2)cc1. The van der Waals surface area contributed by atoms with E-state index < -0.39 is 0 Å². The molecule has 0 aliphatic heterocycles. The highest BCUT2D eigenvalue weighted by atomic mass is 16.3. The van der Waals surface area contributed by atoms with Crippen LogP contribution >= 0.6 is 0 Å². The number of phenolic OH excluding ortho intramolecular Hbond substituents is 2. The predicted octanol–water partition coefficient (Wildman–Crippen LogP) is 6.41. The van der Waals surface area contributed by atoms with E-state index in [1.54, 1.807) is 12.1 Å². The van der Waals surface area contributed by atoms with Crippen molar-refractivity contribution in [2.24, 2.45) is 0 Å². The van der Waals surface area contributed by atoms with Crippen molar-refractivity contribution in [3.63, 3.8) is 0 Å². The van der Waals surface area contributed by atoms with Gasteiger partial charge in [0, 0.05) is 0 Å². The molecule has 134 valence electrons. The van der Waals surface area contributed by atoms with Crippen LogP contribution in [0.5, 0.6) is 11.5 Å². The Hall–Kier alpha value is -2.48. The van der Waals surface area contributed by atoms with Gasteiger partial charge in [-0.3, -0.25) is 0 Å². The first-order chi connectivity index (χ1) is 12.7. The molecule has 1 saturated carbocycles. The Morgan fingerprint density at radius 1 is 0.692 bits per heavy atom. The fraction of sp³-hybridized carbons (Fsp3) is 0.333. The van der Waals surface area contributed by atoms with Crippen LogP contribution in [0, 0.1) is 0 Å². The average Bonchev–Trinajstić information content (AvgIpc) is 2.70. The molecule has 0 aromatic heterocycles. The average molecular weight is 346 g/mol. The minimum absolute atomic E-state index is 0.306. The summed E-state index contributed by atoms with van der Waals surface area (Å²) < 4.78 is 0. The largest absolute Gasteiger partial charge is 0.508 e. The lowest BCUT2D eigenvalue weighted by Gasteiger charge is -2.24. The van der Waals surface area contributed by atoms with Gasteiger partial charge in [0.05, 0.1) is 0 Å². The molecular formula is C24H26O2. The summed E-state index contributed by atoms with van der Waals surface area (Å²) >= 11 is 0. The molecule has 2 N–H and O–H groups in total. The Labute approximate surface area is 155 Å². The van der Waals surface area contributed by atoms with Crippen LogP contribution < -0.4 is 0 Å². The second kappa shape index (κ2) is 7.41. The number of hydrogen-bond donors (Lipinski definition) is 2. The highest BCUT2D eigenvalue weighted by molar-refractivity contribution is 5.78. The Morgan fingerprint density at radius 2 is 1.31 bits per heavy atom. The number of rotatable bonds is 3. The summed E-state index contributed by atoms with van der Waals surface area (Å²) in [6.45, 7) is 0. The molecule has 4 rings (SSSR count). The van der Waals surface area contributed by atoms with E-state index in [4.69, 9.17) is 0 Å². The number of hydrogen-bond acceptors (Lipinski definition) is 2. The lowest BCUT2D eigenvalue weighted by atomic mass is 9.82. The topological polar surface area (TPSA) is 40.5 Å². The predicted molar refractivity (Wildman–Crippen MR) is 107 cm³/mol. The molecule has 0 radical (unpaired) electrons. The van der Waals surface area contributed by atoms with Crippen molar-refractivity contribution in [3.8, 4) is 11.5 Å². The molecule has 0 bridgehead atoms. The zero-order valence-electron chi connectivity index (χ0n) is 15.1. The summed E-state index contributed by atoms with van der Waals surface area (Å²) in [5.41, 5.74) is 6.19. The van der Waals surface area contributed by atoms with Crippen molar-refractivity contribution < 1.29 is 10.2 Å². The van der Waals surface area contributed by atoms with E-state index >= 15 is 0 Å².